The van der Waals surface area contributed by atoms with Crippen molar-refractivity contribution in [3.63, 3.8) is 0 Å². The Hall–Kier alpha value is -1.84. The molecule has 1 unspecified atom stereocenters. The number of aryl methyl sites for hydroxylation is 1. The van der Waals surface area contributed by atoms with Crippen LogP contribution >= 0.6 is 0 Å². The van der Waals surface area contributed by atoms with Crippen molar-refractivity contribution in [1.82, 2.24) is 9.78 Å². The maximum atomic E-state index is 13.1. The fraction of sp³-hybridized carbons (Fsp3) is 0.250. The molecule has 0 fully saturated rings. The highest BCUT2D eigenvalue weighted by Gasteiger charge is 2.13. The van der Waals surface area contributed by atoms with E-state index in [2.05, 4.69) is 5.10 Å². The van der Waals surface area contributed by atoms with Crippen LogP contribution in [0, 0.1) is 12.7 Å². The molecular weight excluding hydrogens is 205 g/mol. The van der Waals surface area contributed by atoms with Gasteiger partial charge in [0.25, 0.3) is 0 Å². The first-order chi connectivity index (χ1) is 7.59. The third-order valence-electron chi connectivity index (χ3n) is 2.72. The van der Waals surface area contributed by atoms with Crippen molar-refractivity contribution in [3.05, 3.63) is 47.4 Å². The number of rotatable bonds is 2. The summed E-state index contributed by atoms with van der Waals surface area (Å²) in [6.45, 7) is 3.84. The number of hydrogen-bond acceptors (Lipinski definition) is 2. The molecule has 16 heavy (non-hydrogen) atoms. The van der Waals surface area contributed by atoms with E-state index >= 15 is 0 Å². The molecule has 0 radical (unpaired) electrons. The average molecular weight is 219 g/mol. The summed E-state index contributed by atoms with van der Waals surface area (Å²) in [5.74, 6) is 0.378. The lowest BCUT2D eigenvalue weighted by Gasteiger charge is -2.14. The lowest BCUT2D eigenvalue weighted by atomic mass is 10.1. The number of aromatic nitrogens is 2. The van der Waals surface area contributed by atoms with Crippen molar-refractivity contribution in [2.75, 3.05) is 5.73 Å². The summed E-state index contributed by atoms with van der Waals surface area (Å²) in [5, 5.41) is 4.19. The Balaban J connectivity index is 2.39. The summed E-state index contributed by atoms with van der Waals surface area (Å²) in [5.41, 5.74) is 7.68. The second kappa shape index (κ2) is 3.96. The summed E-state index contributed by atoms with van der Waals surface area (Å²) in [6.07, 6.45) is 1.71. The maximum Gasteiger partial charge on any atom is 0.125 e. The van der Waals surface area contributed by atoms with Crippen LogP contribution in [0.1, 0.15) is 24.1 Å². The molecule has 4 heteroatoms. The fourth-order valence-corrected chi connectivity index (χ4v) is 1.67. The molecule has 0 aliphatic heterocycles. The first-order valence-corrected chi connectivity index (χ1v) is 5.14. The van der Waals surface area contributed by atoms with E-state index in [1.807, 2.05) is 19.9 Å². The fourth-order valence-electron chi connectivity index (χ4n) is 1.67. The SMILES string of the molecule is Cc1cnn(C(C)c2cccc(F)c2)c1N. The van der Waals surface area contributed by atoms with Crippen molar-refractivity contribution in [2.24, 2.45) is 0 Å². The normalized spacial score (nSPS) is 12.7. The van der Waals surface area contributed by atoms with Crippen LogP contribution in [0.5, 0.6) is 0 Å². The van der Waals surface area contributed by atoms with Gasteiger partial charge in [-0.25, -0.2) is 9.07 Å². The van der Waals surface area contributed by atoms with E-state index in [0.29, 0.717) is 5.82 Å². The molecule has 0 spiro atoms. The lowest BCUT2D eigenvalue weighted by Crippen LogP contribution is -2.11. The van der Waals surface area contributed by atoms with Crippen LogP contribution in [0.25, 0.3) is 0 Å². The predicted molar refractivity (Wildman–Crippen MR) is 61.6 cm³/mol. The highest BCUT2D eigenvalue weighted by Crippen LogP contribution is 2.22. The zero-order valence-electron chi connectivity index (χ0n) is 9.31. The van der Waals surface area contributed by atoms with Gasteiger partial charge in [0.1, 0.15) is 11.6 Å². The standard InChI is InChI=1S/C12H14FN3/c1-8-7-15-16(12(8)14)9(2)10-4-3-5-11(13)6-10/h3-7,9H,14H2,1-2H3. The molecule has 2 aromatic rings. The minimum absolute atomic E-state index is 0.0654. The van der Waals surface area contributed by atoms with Crippen molar-refractivity contribution < 1.29 is 4.39 Å². The number of nitrogen functional groups attached to an aromatic ring is 1. The number of anilines is 1. The van der Waals surface area contributed by atoms with E-state index in [4.69, 9.17) is 5.73 Å². The number of hydrogen-bond donors (Lipinski definition) is 1. The molecule has 0 bridgehead atoms. The average Bonchev–Trinajstić information content (AvgIpc) is 2.59. The largest absolute Gasteiger partial charge is 0.384 e. The molecule has 1 atom stereocenters. The molecule has 0 saturated heterocycles. The van der Waals surface area contributed by atoms with Gasteiger partial charge in [-0.1, -0.05) is 12.1 Å². The molecule has 84 valence electrons. The first-order valence-electron chi connectivity index (χ1n) is 5.14. The van der Waals surface area contributed by atoms with Gasteiger partial charge in [0.15, 0.2) is 0 Å². The minimum Gasteiger partial charge on any atom is -0.384 e. The topological polar surface area (TPSA) is 43.8 Å². The zero-order chi connectivity index (χ0) is 11.7. The second-order valence-electron chi connectivity index (χ2n) is 3.89. The molecule has 0 amide bonds. The predicted octanol–water partition coefficient (Wildman–Crippen LogP) is 2.52. The lowest BCUT2D eigenvalue weighted by molar-refractivity contribution is 0.563. The third-order valence-corrected chi connectivity index (χ3v) is 2.72. The molecule has 1 heterocycles. The van der Waals surface area contributed by atoms with Crippen molar-refractivity contribution in [2.45, 2.75) is 19.9 Å². The summed E-state index contributed by atoms with van der Waals surface area (Å²) in [6, 6.07) is 6.41. The summed E-state index contributed by atoms with van der Waals surface area (Å²) in [7, 11) is 0. The van der Waals surface area contributed by atoms with Gasteiger partial charge in [0, 0.05) is 5.56 Å². The highest BCUT2D eigenvalue weighted by molar-refractivity contribution is 5.39. The van der Waals surface area contributed by atoms with E-state index in [1.54, 1.807) is 16.9 Å². The Kier molecular flexibility index (Phi) is 2.64. The van der Waals surface area contributed by atoms with Gasteiger partial charge in [-0.3, -0.25) is 0 Å². The number of benzene rings is 1. The molecular formula is C12H14FN3. The van der Waals surface area contributed by atoms with E-state index in [-0.39, 0.29) is 11.9 Å². The van der Waals surface area contributed by atoms with Crippen LogP contribution in [-0.2, 0) is 0 Å². The third kappa shape index (κ3) is 1.78. The van der Waals surface area contributed by atoms with Crippen molar-refractivity contribution in [3.8, 4) is 0 Å². The zero-order valence-corrected chi connectivity index (χ0v) is 9.31. The van der Waals surface area contributed by atoms with Crippen LogP contribution in [0.4, 0.5) is 10.2 Å². The van der Waals surface area contributed by atoms with Crippen molar-refractivity contribution in [1.29, 1.82) is 0 Å². The van der Waals surface area contributed by atoms with Crippen LogP contribution in [0.15, 0.2) is 30.5 Å². The van der Waals surface area contributed by atoms with Gasteiger partial charge >= 0.3 is 0 Å². The highest BCUT2D eigenvalue weighted by atomic mass is 19.1. The van der Waals surface area contributed by atoms with E-state index in [9.17, 15) is 4.39 Å². The Morgan fingerprint density at radius 2 is 2.19 bits per heavy atom. The molecule has 1 aromatic heterocycles. The molecule has 0 aliphatic carbocycles. The van der Waals surface area contributed by atoms with E-state index in [1.165, 1.54) is 12.1 Å². The summed E-state index contributed by atoms with van der Waals surface area (Å²) >= 11 is 0. The molecule has 2 N–H and O–H groups in total. The monoisotopic (exact) mass is 219 g/mol. The summed E-state index contributed by atoms with van der Waals surface area (Å²) in [4.78, 5) is 0. The van der Waals surface area contributed by atoms with Crippen LogP contribution in [0.2, 0.25) is 0 Å². The quantitative estimate of drug-likeness (QED) is 0.843. The number of nitrogens with zero attached hydrogens (tertiary/aromatic N) is 2. The second-order valence-corrected chi connectivity index (χ2v) is 3.89. The Morgan fingerprint density at radius 3 is 2.75 bits per heavy atom. The van der Waals surface area contributed by atoms with Gasteiger partial charge in [-0.05, 0) is 31.5 Å². The Bertz CT molecular complexity index is 505. The summed E-state index contributed by atoms with van der Waals surface area (Å²) < 4.78 is 14.8. The molecule has 2 rings (SSSR count). The van der Waals surface area contributed by atoms with Crippen molar-refractivity contribution >= 4 is 5.82 Å². The Morgan fingerprint density at radius 1 is 1.44 bits per heavy atom. The van der Waals surface area contributed by atoms with Gasteiger partial charge in [-0.15, -0.1) is 0 Å². The van der Waals surface area contributed by atoms with Gasteiger partial charge in [-0.2, -0.15) is 5.10 Å². The van der Waals surface area contributed by atoms with Gasteiger partial charge in [0.05, 0.1) is 12.2 Å². The van der Waals surface area contributed by atoms with Gasteiger partial charge < -0.3 is 5.73 Å². The smallest absolute Gasteiger partial charge is 0.125 e. The number of nitrogens with two attached hydrogens (primary N) is 1. The minimum atomic E-state index is -0.244. The van der Waals surface area contributed by atoms with Crippen LogP contribution in [-0.4, -0.2) is 9.78 Å². The first kappa shape index (κ1) is 10.7. The van der Waals surface area contributed by atoms with E-state index in [0.717, 1.165) is 11.1 Å². The Labute approximate surface area is 93.7 Å². The molecule has 0 aliphatic rings. The maximum absolute atomic E-state index is 13.1. The number of halogens is 1. The van der Waals surface area contributed by atoms with E-state index < -0.39 is 0 Å². The van der Waals surface area contributed by atoms with Crippen LogP contribution < -0.4 is 5.73 Å². The van der Waals surface area contributed by atoms with Gasteiger partial charge in [0.2, 0.25) is 0 Å². The molecule has 1 aromatic carbocycles. The van der Waals surface area contributed by atoms with Crippen LogP contribution in [0.3, 0.4) is 0 Å². The molecule has 3 nitrogen and oxygen atoms in total. The molecule has 0 saturated carbocycles.